The quantitative estimate of drug-likeness (QED) is 0.805. The topological polar surface area (TPSA) is 20.2 Å². The van der Waals surface area contributed by atoms with Crippen LogP contribution in [0.15, 0.2) is 30.3 Å². The van der Waals surface area contributed by atoms with Crippen molar-refractivity contribution in [3.05, 3.63) is 41.5 Å². The summed E-state index contributed by atoms with van der Waals surface area (Å²) in [6.07, 6.45) is 0.315. The minimum atomic E-state index is -1.64. The second kappa shape index (κ2) is 6.38. The molecule has 0 saturated carbocycles. The molecule has 0 heterocycles. The van der Waals surface area contributed by atoms with Gasteiger partial charge in [0.25, 0.3) is 6.08 Å². The van der Waals surface area contributed by atoms with E-state index >= 15 is 0 Å². The van der Waals surface area contributed by atoms with Gasteiger partial charge in [-0.2, -0.15) is 8.78 Å². The predicted octanol–water partition coefficient (Wildman–Crippen LogP) is 3.98. The Kier molecular flexibility index (Phi) is 5.12. The van der Waals surface area contributed by atoms with Gasteiger partial charge in [-0.3, -0.25) is 0 Å². The van der Waals surface area contributed by atoms with Gasteiger partial charge in [-0.15, -0.1) is 0 Å². The van der Waals surface area contributed by atoms with E-state index < -0.39 is 6.08 Å². The Morgan fingerprint density at radius 3 is 2.50 bits per heavy atom. The van der Waals surface area contributed by atoms with Gasteiger partial charge in [0.05, 0.1) is 6.61 Å². The zero-order chi connectivity index (χ0) is 12.0. The summed E-state index contributed by atoms with van der Waals surface area (Å²) in [5.41, 5.74) is 1.09. The SMILES string of the molecule is CCCCC(=C(F)F)c1ccccc1CO. The second-order valence-electron chi connectivity index (χ2n) is 3.66. The lowest BCUT2D eigenvalue weighted by atomic mass is 9.97. The Morgan fingerprint density at radius 2 is 1.94 bits per heavy atom. The number of hydrogen-bond acceptors (Lipinski definition) is 1. The molecule has 0 unspecified atom stereocenters. The molecular weight excluding hydrogens is 210 g/mol. The minimum absolute atomic E-state index is 0.0616. The first-order valence-electron chi connectivity index (χ1n) is 5.44. The van der Waals surface area contributed by atoms with Crippen LogP contribution in [0, 0.1) is 0 Å². The molecule has 0 saturated heterocycles. The molecule has 1 nitrogen and oxygen atoms in total. The van der Waals surface area contributed by atoms with E-state index in [1.165, 1.54) is 0 Å². The lowest BCUT2D eigenvalue weighted by Gasteiger charge is -2.10. The van der Waals surface area contributed by atoms with Crippen molar-refractivity contribution in [2.75, 3.05) is 0 Å². The number of halogens is 2. The average Bonchev–Trinajstić information content (AvgIpc) is 2.29. The fourth-order valence-corrected chi connectivity index (χ4v) is 1.64. The molecule has 0 atom stereocenters. The molecule has 0 aliphatic heterocycles. The molecule has 1 N–H and O–H groups in total. The van der Waals surface area contributed by atoms with Crippen molar-refractivity contribution >= 4 is 5.57 Å². The number of unbranched alkanes of at least 4 members (excludes halogenated alkanes) is 1. The molecule has 0 aromatic heterocycles. The monoisotopic (exact) mass is 226 g/mol. The zero-order valence-corrected chi connectivity index (χ0v) is 9.34. The molecular formula is C13H16F2O. The Morgan fingerprint density at radius 1 is 1.25 bits per heavy atom. The number of benzene rings is 1. The highest BCUT2D eigenvalue weighted by atomic mass is 19.3. The first-order valence-corrected chi connectivity index (χ1v) is 5.44. The second-order valence-corrected chi connectivity index (χ2v) is 3.66. The van der Waals surface area contributed by atoms with Crippen LogP contribution in [0.4, 0.5) is 8.78 Å². The highest BCUT2D eigenvalue weighted by Crippen LogP contribution is 2.28. The van der Waals surface area contributed by atoms with Gasteiger partial charge < -0.3 is 5.11 Å². The zero-order valence-electron chi connectivity index (χ0n) is 9.34. The van der Waals surface area contributed by atoms with Gasteiger partial charge >= 0.3 is 0 Å². The summed E-state index contributed by atoms with van der Waals surface area (Å²) in [5.74, 6) is 0. The minimum Gasteiger partial charge on any atom is -0.392 e. The van der Waals surface area contributed by atoms with Crippen LogP contribution in [0.25, 0.3) is 5.57 Å². The molecule has 0 radical (unpaired) electrons. The van der Waals surface area contributed by atoms with E-state index in [0.29, 0.717) is 17.5 Å². The number of aliphatic hydroxyl groups is 1. The van der Waals surface area contributed by atoms with Gasteiger partial charge in [-0.25, -0.2) is 0 Å². The fraction of sp³-hybridized carbons (Fsp3) is 0.385. The third kappa shape index (κ3) is 3.14. The third-order valence-electron chi connectivity index (χ3n) is 2.52. The molecule has 16 heavy (non-hydrogen) atoms. The molecule has 1 aromatic rings. The van der Waals surface area contributed by atoms with Crippen LogP contribution in [0.1, 0.15) is 37.3 Å². The molecule has 0 spiro atoms. The maximum atomic E-state index is 12.8. The summed E-state index contributed by atoms with van der Waals surface area (Å²) in [6.45, 7) is 1.75. The van der Waals surface area contributed by atoms with Crippen molar-refractivity contribution < 1.29 is 13.9 Å². The van der Waals surface area contributed by atoms with Gasteiger partial charge in [0.2, 0.25) is 0 Å². The summed E-state index contributed by atoms with van der Waals surface area (Å²) >= 11 is 0. The number of aliphatic hydroxyl groups excluding tert-OH is 1. The van der Waals surface area contributed by atoms with E-state index in [9.17, 15) is 8.78 Å². The fourth-order valence-electron chi connectivity index (χ4n) is 1.64. The van der Waals surface area contributed by atoms with E-state index in [1.807, 2.05) is 6.92 Å². The molecule has 1 aromatic carbocycles. The van der Waals surface area contributed by atoms with Crippen LogP contribution >= 0.6 is 0 Å². The molecule has 0 amide bonds. The maximum absolute atomic E-state index is 12.8. The average molecular weight is 226 g/mol. The van der Waals surface area contributed by atoms with E-state index in [-0.39, 0.29) is 12.2 Å². The number of hydrogen-bond donors (Lipinski definition) is 1. The normalized spacial score (nSPS) is 10.2. The predicted molar refractivity (Wildman–Crippen MR) is 61.0 cm³/mol. The summed E-state index contributed by atoms with van der Waals surface area (Å²) < 4.78 is 25.6. The first-order chi connectivity index (χ1) is 7.70. The van der Waals surface area contributed by atoms with Gasteiger partial charge in [0.15, 0.2) is 0 Å². The summed E-state index contributed by atoms with van der Waals surface area (Å²) in [6, 6.07) is 6.76. The van der Waals surface area contributed by atoms with Crippen LogP contribution in [0.3, 0.4) is 0 Å². The van der Waals surface area contributed by atoms with Gasteiger partial charge in [0.1, 0.15) is 0 Å². The lowest BCUT2D eigenvalue weighted by molar-refractivity contribution is 0.281. The van der Waals surface area contributed by atoms with Gasteiger partial charge in [-0.1, -0.05) is 37.6 Å². The van der Waals surface area contributed by atoms with Crippen molar-refractivity contribution in [3.8, 4) is 0 Å². The molecule has 0 fully saturated rings. The molecule has 88 valence electrons. The lowest BCUT2D eigenvalue weighted by Crippen LogP contribution is -1.94. The van der Waals surface area contributed by atoms with Gasteiger partial charge in [-0.05, 0) is 24.0 Å². The standard InChI is InChI=1S/C13H16F2O/c1-2-3-7-12(13(14)15)11-8-5-4-6-10(11)9-16/h4-6,8,16H,2-3,7,9H2,1H3. The Bertz CT molecular complexity index is 368. The van der Waals surface area contributed by atoms with E-state index in [1.54, 1.807) is 24.3 Å². The molecule has 0 aliphatic rings. The smallest absolute Gasteiger partial charge is 0.274 e. The summed E-state index contributed by atoms with van der Waals surface area (Å²) in [7, 11) is 0. The maximum Gasteiger partial charge on any atom is 0.274 e. The molecule has 0 bridgehead atoms. The van der Waals surface area contributed by atoms with Crippen LogP contribution in [0.5, 0.6) is 0 Å². The van der Waals surface area contributed by atoms with Crippen LogP contribution < -0.4 is 0 Å². The molecule has 0 aliphatic carbocycles. The number of allylic oxidation sites excluding steroid dienone is 1. The van der Waals surface area contributed by atoms with Gasteiger partial charge in [0, 0.05) is 5.57 Å². The Labute approximate surface area is 94.4 Å². The van der Waals surface area contributed by atoms with Crippen LogP contribution in [-0.2, 0) is 6.61 Å². The largest absolute Gasteiger partial charge is 0.392 e. The van der Waals surface area contributed by atoms with Crippen molar-refractivity contribution in [1.29, 1.82) is 0 Å². The molecule has 1 rings (SSSR count). The number of rotatable bonds is 5. The van der Waals surface area contributed by atoms with Crippen molar-refractivity contribution in [1.82, 2.24) is 0 Å². The van der Waals surface area contributed by atoms with Crippen LogP contribution in [-0.4, -0.2) is 5.11 Å². The van der Waals surface area contributed by atoms with Crippen molar-refractivity contribution in [2.24, 2.45) is 0 Å². The van der Waals surface area contributed by atoms with Crippen molar-refractivity contribution in [3.63, 3.8) is 0 Å². The third-order valence-corrected chi connectivity index (χ3v) is 2.52. The van der Waals surface area contributed by atoms with E-state index in [4.69, 9.17) is 5.11 Å². The van der Waals surface area contributed by atoms with Crippen LogP contribution in [0.2, 0.25) is 0 Å². The Balaban J connectivity index is 3.07. The summed E-state index contributed by atoms with van der Waals surface area (Å²) in [5, 5.41) is 9.11. The highest BCUT2D eigenvalue weighted by Gasteiger charge is 2.12. The van der Waals surface area contributed by atoms with Crippen molar-refractivity contribution in [2.45, 2.75) is 32.8 Å². The Hall–Kier alpha value is -1.22. The molecule has 3 heteroatoms. The van der Waals surface area contributed by atoms with E-state index in [2.05, 4.69) is 0 Å². The first kappa shape index (κ1) is 12.8. The highest BCUT2D eigenvalue weighted by molar-refractivity contribution is 5.68. The summed E-state index contributed by atoms with van der Waals surface area (Å²) in [4.78, 5) is 0. The van der Waals surface area contributed by atoms with E-state index in [0.717, 1.165) is 12.8 Å².